The van der Waals surface area contributed by atoms with Crippen molar-refractivity contribution >= 4 is 11.5 Å². The van der Waals surface area contributed by atoms with Crippen LogP contribution >= 0.6 is 0 Å². The fraction of sp³-hybridized carbons (Fsp3) is 0.472. The molecule has 3 heteroatoms. The van der Waals surface area contributed by atoms with Crippen molar-refractivity contribution in [3.63, 3.8) is 0 Å². The number of rotatable bonds is 15. The first-order valence-electron chi connectivity index (χ1n) is 14.6. The monoisotopic (exact) mass is 530 g/mol. The molecule has 0 saturated carbocycles. The number of carboxylic acids is 1. The third-order valence-corrected chi connectivity index (χ3v) is 8.62. The van der Waals surface area contributed by atoms with Gasteiger partial charge in [0, 0.05) is 5.41 Å². The van der Waals surface area contributed by atoms with E-state index in [0.717, 1.165) is 61.7 Å². The summed E-state index contributed by atoms with van der Waals surface area (Å²) in [5.41, 5.74) is 8.68. The zero-order valence-electron chi connectivity index (χ0n) is 25.4. The Morgan fingerprint density at radius 1 is 0.897 bits per heavy atom. The molecule has 0 heterocycles. The molecule has 39 heavy (non-hydrogen) atoms. The smallest absolute Gasteiger partial charge is 0.307 e. The normalized spacial score (nSPS) is 14.3. The van der Waals surface area contributed by atoms with E-state index in [1.165, 1.54) is 27.8 Å². The molecule has 0 aliphatic rings. The standard InChI is InChI=1S/C36H50O3/c1-9-21-35(39,11-3)22-20-30-16-17-31(24-27(30)7)36(12-4,13-5)32-18-19-33(28(8)25-32)29(10-2)15-14-26(6)23-34(37)38/h10,14-19,24-25,39H,2,9,11-13,20-23H2,1,3-8H3,(H,37,38)/b26-14+,29-15+. The highest BCUT2D eigenvalue weighted by molar-refractivity contribution is 5.77. The van der Waals surface area contributed by atoms with E-state index in [1.807, 2.05) is 25.2 Å². The van der Waals surface area contributed by atoms with Gasteiger partial charge in [-0.2, -0.15) is 0 Å². The molecule has 0 bridgehead atoms. The summed E-state index contributed by atoms with van der Waals surface area (Å²) in [5.74, 6) is -0.824. The minimum atomic E-state index is -0.824. The molecule has 2 N–H and O–H groups in total. The summed E-state index contributed by atoms with van der Waals surface area (Å²) in [5, 5.41) is 20.0. The predicted molar refractivity (Wildman–Crippen MR) is 166 cm³/mol. The lowest BCUT2D eigenvalue weighted by Crippen LogP contribution is -2.28. The van der Waals surface area contributed by atoms with Crippen LogP contribution in [0.2, 0.25) is 0 Å². The molecule has 0 aliphatic heterocycles. The number of hydrogen-bond donors (Lipinski definition) is 2. The second-order valence-corrected chi connectivity index (χ2v) is 11.2. The molecular formula is C36H50O3. The largest absolute Gasteiger partial charge is 0.481 e. The summed E-state index contributed by atoms with van der Waals surface area (Å²) in [7, 11) is 0. The molecule has 3 nitrogen and oxygen atoms in total. The van der Waals surface area contributed by atoms with E-state index >= 15 is 0 Å². The van der Waals surface area contributed by atoms with Crippen molar-refractivity contribution in [2.45, 2.75) is 111 Å². The van der Waals surface area contributed by atoms with Gasteiger partial charge in [-0.25, -0.2) is 0 Å². The Hall–Kier alpha value is -2.91. The van der Waals surface area contributed by atoms with Crippen molar-refractivity contribution in [3.8, 4) is 0 Å². The fourth-order valence-electron chi connectivity index (χ4n) is 5.90. The van der Waals surface area contributed by atoms with Crippen molar-refractivity contribution < 1.29 is 15.0 Å². The molecule has 1 unspecified atom stereocenters. The number of benzene rings is 2. The number of carbonyl (C=O) groups is 1. The second kappa shape index (κ2) is 14.5. The highest BCUT2D eigenvalue weighted by atomic mass is 16.4. The summed E-state index contributed by atoms with van der Waals surface area (Å²) in [4.78, 5) is 11.0. The molecule has 0 aliphatic carbocycles. The van der Waals surface area contributed by atoms with Gasteiger partial charge in [0.1, 0.15) is 0 Å². The fourth-order valence-corrected chi connectivity index (χ4v) is 5.90. The Morgan fingerprint density at radius 2 is 1.51 bits per heavy atom. The van der Waals surface area contributed by atoms with E-state index in [2.05, 4.69) is 84.5 Å². The summed E-state index contributed by atoms with van der Waals surface area (Å²) in [6, 6.07) is 13.7. The van der Waals surface area contributed by atoms with Crippen molar-refractivity contribution in [3.05, 3.63) is 100 Å². The Balaban J connectivity index is 2.43. The van der Waals surface area contributed by atoms with Gasteiger partial charge in [-0.1, -0.05) is 101 Å². The molecule has 0 fully saturated rings. The topological polar surface area (TPSA) is 57.5 Å². The molecule has 2 aromatic rings. The second-order valence-electron chi connectivity index (χ2n) is 11.2. The number of carboxylic acid groups (broad SMARTS) is 1. The number of allylic oxidation sites excluding steroid dienone is 4. The Bertz CT molecular complexity index is 1200. The zero-order valence-corrected chi connectivity index (χ0v) is 25.4. The van der Waals surface area contributed by atoms with Gasteiger partial charge in [0.2, 0.25) is 0 Å². The molecule has 1 atom stereocenters. The maximum absolute atomic E-state index is 11.0. The van der Waals surface area contributed by atoms with E-state index in [0.29, 0.717) is 0 Å². The third kappa shape index (κ3) is 8.05. The van der Waals surface area contributed by atoms with E-state index in [9.17, 15) is 9.90 Å². The Kier molecular flexibility index (Phi) is 12.0. The van der Waals surface area contributed by atoms with Crippen LogP contribution in [0.5, 0.6) is 0 Å². The van der Waals surface area contributed by atoms with Crippen LogP contribution in [0.1, 0.15) is 113 Å². The Morgan fingerprint density at radius 3 is 2.00 bits per heavy atom. The molecule has 0 radical (unpaired) electrons. The van der Waals surface area contributed by atoms with Crippen LogP contribution in [0.15, 0.2) is 66.8 Å². The van der Waals surface area contributed by atoms with Gasteiger partial charge in [-0.05, 0) is 98.2 Å². The van der Waals surface area contributed by atoms with Gasteiger partial charge in [0.25, 0.3) is 0 Å². The van der Waals surface area contributed by atoms with Crippen molar-refractivity contribution in [2.24, 2.45) is 0 Å². The molecule has 0 amide bonds. The van der Waals surface area contributed by atoms with Crippen LogP contribution < -0.4 is 0 Å². The summed E-state index contributed by atoms with van der Waals surface area (Å²) in [6.45, 7) is 18.9. The first kappa shape index (κ1) is 32.3. The van der Waals surface area contributed by atoms with Gasteiger partial charge in [-0.15, -0.1) is 0 Å². The minimum Gasteiger partial charge on any atom is -0.481 e. The predicted octanol–water partition coefficient (Wildman–Crippen LogP) is 9.27. The van der Waals surface area contributed by atoms with Crippen molar-refractivity contribution in [2.75, 3.05) is 0 Å². The minimum absolute atomic E-state index is 0.0325. The van der Waals surface area contributed by atoms with Crippen LogP contribution in [0.4, 0.5) is 0 Å². The average Bonchev–Trinajstić information content (AvgIpc) is 2.90. The van der Waals surface area contributed by atoms with E-state index < -0.39 is 11.6 Å². The van der Waals surface area contributed by atoms with E-state index in [1.54, 1.807) is 0 Å². The molecule has 0 saturated heterocycles. The van der Waals surface area contributed by atoms with E-state index in [-0.39, 0.29) is 11.8 Å². The van der Waals surface area contributed by atoms with Gasteiger partial charge >= 0.3 is 5.97 Å². The van der Waals surface area contributed by atoms with Gasteiger partial charge < -0.3 is 10.2 Å². The van der Waals surface area contributed by atoms with Crippen LogP contribution in [0.25, 0.3) is 5.57 Å². The van der Waals surface area contributed by atoms with Crippen LogP contribution in [-0.4, -0.2) is 21.8 Å². The quantitative estimate of drug-likeness (QED) is 0.226. The molecular weight excluding hydrogens is 480 g/mol. The van der Waals surface area contributed by atoms with Gasteiger partial charge in [-0.3, -0.25) is 4.79 Å². The molecule has 0 spiro atoms. The van der Waals surface area contributed by atoms with Crippen LogP contribution in [0.3, 0.4) is 0 Å². The average molecular weight is 531 g/mol. The summed E-state index contributed by atoms with van der Waals surface area (Å²) in [6.07, 6.45) is 12.0. The number of hydrogen-bond acceptors (Lipinski definition) is 2. The zero-order chi connectivity index (χ0) is 29.2. The summed E-state index contributed by atoms with van der Waals surface area (Å²) >= 11 is 0. The van der Waals surface area contributed by atoms with Crippen LogP contribution in [0, 0.1) is 13.8 Å². The highest BCUT2D eigenvalue weighted by Gasteiger charge is 2.31. The SMILES string of the molecule is C=C/C(=C\C=C(/C)CC(=O)O)c1ccc(C(CC)(CC)c2ccc(CCC(O)(CC)CCC)c(C)c2)cc1C. The number of aliphatic hydroxyl groups is 1. The third-order valence-electron chi connectivity index (χ3n) is 8.62. The first-order chi connectivity index (χ1) is 18.5. The first-order valence-corrected chi connectivity index (χ1v) is 14.6. The maximum atomic E-state index is 11.0. The van der Waals surface area contributed by atoms with Crippen molar-refractivity contribution in [1.29, 1.82) is 0 Å². The molecule has 2 aromatic carbocycles. The number of aliphatic carboxylic acids is 1. The van der Waals surface area contributed by atoms with Gasteiger partial charge in [0.05, 0.1) is 12.0 Å². The maximum Gasteiger partial charge on any atom is 0.307 e. The summed E-state index contributed by atoms with van der Waals surface area (Å²) < 4.78 is 0. The molecule has 212 valence electrons. The number of aryl methyl sites for hydroxylation is 3. The lowest BCUT2D eigenvalue weighted by atomic mass is 9.69. The lowest BCUT2D eigenvalue weighted by Gasteiger charge is -2.34. The van der Waals surface area contributed by atoms with Crippen LogP contribution in [-0.2, 0) is 16.6 Å². The molecule has 0 aromatic heterocycles. The highest BCUT2D eigenvalue weighted by Crippen LogP contribution is 2.41. The van der Waals surface area contributed by atoms with Gasteiger partial charge in [0.15, 0.2) is 0 Å². The lowest BCUT2D eigenvalue weighted by molar-refractivity contribution is -0.136. The Labute approximate surface area is 237 Å². The molecule has 2 rings (SSSR count). The van der Waals surface area contributed by atoms with Crippen molar-refractivity contribution in [1.82, 2.24) is 0 Å². The van der Waals surface area contributed by atoms with E-state index in [4.69, 9.17) is 5.11 Å².